The van der Waals surface area contributed by atoms with E-state index < -0.39 is 11.9 Å². The van der Waals surface area contributed by atoms with Crippen molar-refractivity contribution in [2.75, 3.05) is 5.32 Å². The van der Waals surface area contributed by atoms with Crippen molar-refractivity contribution in [1.82, 2.24) is 0 Å². The summed E-state index contributed by atoms with van der Waals surface area (Å²) in [7, 11) is 0. The number of ether oxygens (including phenoxy) is 1. The van der Waals surface area contributed by atoms with Crippen LogP contribution in [0.15, 0.2) is 42.5 Å². The number of hydrogen-bond acceptors (Lipinski definition) is 2. The van der Waals surface area contributed by atoms with Crippen LogP contribution in [0.2, 0.25) is 10.0 Å². The van der Waals surface area contributed by atoms with E-state index in [9.17, 15) is 9.18 Å². The van der Waals surface area contributed by atoms with Crippen LogP contribution in [0.4, 0.5) is 14.9 Å². The summed E-state index contributed by atoms with van der Waals surface area (Å²) in [4.78, 5) is 11.6. The third-order valence-electron chi connectivity index (χ3n) is 2.46. The van der Waals surface area contributed by atoms with Crippen LogP contribution in [0.5, 0.6) is 0 Å². The highest BCUT2D eigenvalue weighted by molar-refractivity contribution is 6.36. The molecular formula is C14H10Cl2FNO2. The number of anilines is 1. The predicted octanol–water partition coefficient (Wildman–Crippen LogP) is 4.88. The molecule has 0 aromatic heterocycles. The average Bonchev–Trinajstić information content (AvgIpc) is 2.44. The van der Waals surface area contributed by atoms with Gasteiger partial charge >= 0.3 is 6.09 Å². The van der Waals surface area contributed by atoms with Crippen molar-refractivity contribution in [3.63, 3.8) is 0 Å². The molecule has 0 fully saturated rings. The smallest absolute Gasteiger partial charge is 0.412 e. The molecule has 2 aromatic carbocycles. The SMILES string of the molecule is O=C(Nc1cc(F)c(Cl)cc1Cl)OCc1ccccc1. The van der Waals surface area contributed by atoms with Gasteiger partial charge in [-0.2, -0.15) is 0 Å². The second-order valence-electron chi connectivity index (χ2n) is 3.93. The zero-order valence-corrected chi connectivity index (χ0v) is 11.7. The topological polar surface area (TPSA) is 38.3 Å². The van der Waals surface area contributed by atoms with Crippen molar-refractivity contribution in [2.45, 2.75) is 6.61 Å². The van der Waals surface area contributed by atoms with Crippen molar-refractivity contribution in [2.24, 2.45) is 0 Å². The fourth-order valence-corrected chi connectivity index (χ4v) is 1.92. The highest BCUT2D eigenvalue weighted by Gasteiger charge is 2.11. The van der Waals surface area contributed by atoms with E-state index in [1.807, 2.05) is 30.3 Å². The van der Waals surface area contributed by atoms with Gasteiger partial charge in [-0.3, -0.25) is 5.32 Å². The summed E-state index contributed by atoms with van der Waals surface area (Å²) in [5.74, 6) is -0.672. The molecule has 1 amide bonds. The Kier molecular flexibility index (Phi) is 4.82. The van der Waals surface area contributed by atoms with Crippen LogP contribution in [0.1, 0.15) is 5.56 Å². The number of carbonyl (C=O) groups is 1. The van der Waals surface area contributed by atoms with E-state index >= 15 is 0 Å². The van der Waals surface area contributed by atoms with Crippen LogP contribution in [0.25, 0.3) is 0 Å². The van der Waals surface area contributed by atoms with E-state index in [0.717, 1.165) is 11.6 Å². The maximum Gasteiger partial charge on any atom is 0.412 e. The summed E-state index contributed by atoms with van der Waals surface area (Å²) in [6.45, 7) is 0.111. The Hall–Kier alpha value is -1.78. The fraction of sp³-hybridized carbons (Fsp3) is 0.0714. The van der Waals surface area contributed by atoms with Crippen molar-refractivity contribution < 1.29 is 13.9 Å². The quantitative estimate of drug-likeness (QED) is 0.820. The highest BCUT2D eigenvalue weighted by atomic mass is 35.5. The van der Waals surface area contributed by atoms with Crippen molar-refractivity contribution in [3.05, 3.63) is 63.9 Å². The molecule has 0 radical (unpaired) electrons. The lowest BCUT2D eigenvalue weighted by Crippen LogP contribution is -2.14. The molecule has 1 N–H and O–H groups in total. The Bertz CT molecular complexity index is 620. The Morgan fingerprint density at radius 3 is 2.55 bits per heavy atom. The third-order valence-corrected chi connectivity index (χ3v) is 3.06. The molecule has 3 nitrogen and oxygen atoms in total. The van der Waals surface area contributed by atoms with Gasteiger partial charge in [-0.25, -0.2) is 9.18 Å². The van der Waals surface area contributed by atoms with Gasteiger partial charge in [0.15, 0.2) is 0 Å². The largest absolute Gasteiger partial charge is 0.444 e. The van der Waals surface area contributed by atoms with Gasteiger partial charge in [0.2, 0.25) is 0 Å². The first-order chi connectivity index (χ1) is 9.56. The molecule has 0 unspecified atom stereocenters. The number of amides is 1. The van der Waals surface area contributed by atoms with Gasteiger partial charge in [-0.15, -0.1) is 0 Å². The van der Waals surface area contributed by atoms with E-state index in [4.69, 9.17) is 27.9 Å². The van der Waals surface area contributed by atoms with Gasteiger partial charge in [-0.1, -0.05) is 53.5 Å². The Morgan fingerprint density at radius 2 is 1.85 bits per heavy atom. The van der Waals surface area contributed by atoms with Gasteiger partial charge in [0, 0.05) is 6.07 Å². The molecule has 2 rings (SSSR count). The summed E-state index contributed by atoms with van der Waals surface area (Å²) in [6.07, 6.45) is -0.725. The summed E-state index contributed by atoms with van der Waals surface area (Å²) < 4.78 is 18.3. The number of carbonyl (C=O) groups excluding carboxylic acids is 1. The van der Waals surface area contributed by atoms with E-state index in [1.54, 1.807) is 0 Å². The van der Waals surface area contributed by atoms with Gasteiger partial charge in [0.25, 0.3) is 0 Å². The van der Waals surface area contributed by atoms with Gasteiger partial charge in [0.05, 0.1) is 15.7 Å². The maximum atomic E-state index is 13.3. The van der Waals surface area contributed by atoms with Crippen LogP contribution >= 0.6 is 23.2 Å². The molecule has 0 saturated carbocycles. The van der Waals surface area contributed by atoms with Crippen LogP contribution in [-0.4, -0.2) is 6.09 Å². The molecule has 6 heteroatoms. The molecule has 20 heavy (non-hydrogen) atoms. The third kappa shape index (κ3) is 3.85. The van der Waals surface area contributed by atoms with Crippen LogP contribution in [0, 0.1) is 5.82 Å². The number of halogens is 3. The summed E-state index contributed by atoms with van der Waals surface area (Å²) in [5, 5.41) is 2.38. The normalized spacial score (nSPS) is 10.2. The van der Waals surface area contributed by atoms with Crippen LogP contribution in [-0.2, 0) is 11.3 Å². The predicted molar refractivity (Wildman–Crippen MR) is 76.7 cm³/mol. The minimum Gasteiger partial charge on any atom is -0.444 e. The van der Waals surface area contributed by atoms with E-state index in [-0.39, 0.29) is 22.3 Å². The Morgan fingerprint density at radius 1 is 1.15 bits per heavy atom. The van der Waals surface area contributed by atoms with Gasteiger partial charge < -0.3 is 4.74 Å². The summed E-state index contributed by atoms with van der Waals surface area (Å²) in [6, 6.07) is 11.4. The summed E-state index contributed by atoms with van der Waals surface area (Å²) in [5.41, 5.74) is 0.947. The van der Waals surface area contributed by atoms with E-state index in [1.165, 1.54) is 6.07 Å². The molecule has 104 valence electrons. The molecule has 0 atom stereocenters. The zero-order chi connectivity index (χ0) is 14.5. The zero-order valence-electron chi connectivity index (χ0n) is 10.2. The number of hydrogen-bond donors (Lipinski definition) is 1. The van der Waals surface area contributed by atoms with Crippen LogP contribution < -0.4 is 5.32 Å². The van der Waals surface area contributed by atoms with Crippen molar-refractivity contribution >= 4 is 35.0 Å². The molecule has 0 aliphatic heterocycles. The average molecular weight is 314 g/mol. The monoisotopic (exact) mass is 313 g/mol. The Balaban J connectivity index is 1.97. The van der Waals surface area contributed by atoms with Gasteiger partial charge in [0.1, 0.15) is 12.4 Å². The molecule has 0 spiro atoms. The van der Waals surface area contributed by atoms with E-state index in [2.05, 4.69) is 5.32 Å². The lowest BCUT2D eigenvalue weighted by atomic mass is 10.2. The minimum absolute atomic E-state index is 0.103. The molecule has 0 heterocycles. The van der Waals surface area contributed by atoms with Crippen LogP contribution in [0.3, 0.4) is 0 Å². The summed E-state index contributed by atoms with van der Waals surface area (Å²) >= 11 is 11.4. The minimum atomic E-state index is -0.725. The molecule has 2 aromatic rings. The standard InChI is InChI=1S/C14H10Cl2FNO2/c15-10-6-11(16)13(7-12(10)17)18-14(19)20-8-9-4-2-1-3-5-9/h1-7H,8H2,(H,18,19). The van der Waals surface area contributed by atoms with E-state index in [0.29, 0.717) is 0 Å². The maximum absolute atomic E-state index is 13.3. The number of nitrogens with one attached hydrogen (secondary N) is 1. The molecule has 0 aliphatic carbocycles. The molecule has 0 bridgehead atoms. The first-order valence-corrected chi connectivity index (χ1v) is 6.44. The lowest BCUT2D eigenvalue weighted by Gasteiger charge is -2.09. The molecule has 0 aliphatic rings. The second-order valence-corrected chi connectivity index (χ2v) is 4.75. The van der Waals surface area contributed by atoms with Crippen molar-refractivity contribution in [1.29, 1.82) is 0 Å². The highest BCUT2D eigenvalue weighted by Crippen LogP contribution is 2.28. The first kappa shape index (κ1) is 14.6. The van der Waals surface area contributed by atoms with Crippen molar-refractivity contribution in [3.8, 4) is 0 Å². The molecular weight excluding hydrogens is 304 g/mol. The first-order valence-electron chi connectivity index (χ1n) is 5.68. The van der Waals surface area contributed by atoms with Gasteiger partial charge in [-0.05, 0) is 11.6 Å². The lowest BCUT2D eigenvalue weighted by molar-refractivity contribution is 0.155. The second kappa shape index (κ2) is 6.59. The number of rotatable bonds is 3. The molecule has 0 saturated heterocycles. The Labute approximate surface area is 125 Å². The fourth-order valence-electron chi connectivity index (χ4n) is 1.49. The number of benzene rings is 2.